The summed E-state index contributed by atoms with van der Waals surface area (Å²) < 4.78 is 5.33. The second kappa shape index (κ2) is 5.64. The summed E-state index contributed by atoms with van der Waals surface area (Å²) in [5.41, 5.74) is -0.498. The molecule has 1 aliphatic rings. The molecule has 0 aromatic rings. The van der Waals surface area contributed by atoms with Gasteiger partial charge in [-0.2, -0.15) is 0 Å². The minimum atomic E-state index is -0.498. The molecule has 94 valence electrons. The standard InChI is InChI=1S/C12H24N2O2/c1-5-13-12(3,4)11(15)14-9(2)10-6-7-16-8-10/h9-10,13H,5-8H2,1-4H3,(H,14,15). The van der Waals surface area contributed by atoms with Crippen LogP contribution < -0.4 is 10.6 Å². The van der Waals surface area contributed by atoms with E-state index in [0.717, 1.165) is 26.2 Å². The summed E-state index contributed by atoms with van der Waals surface area (Å²) in [6, 6.07) is 0.188. The summed E-state index contributed by atoms with van der Waals surface area (Å²) in [4.78, 5) is 12.0. The summed E-state index contributed by atoms with van der Waals surface area (Å²) in [7, 11) is 0. The van der Waals surface area contributed by atoms with Gasteiger partial charge in [-0.25, -0.2) is 0 Å². The fraction of sp³-hybridized carbons (Fsp3) is 0.917. The molecule has 1 aliphatic heterocycles. The maximum absolute atomic E-state index is 12.0. The maximum atomic E-state index is 12.0. The highest BCUT2D eigenvalue weighted by Gasteiger charge is 2.30. The molecule has 1 amide bonds. The predicted molar refractivity (Wildman–Crippen MR) is 64.3 cm³/mol. The Morgan fingerprint density at radius 3 is 2.75 bits per heavy atom. The van der Waals surface area contributed by atoms with Gasteiger partial charge in [-0.15, -0.1) is 0 Å². The fourth-order valence-electron chi connectivity index (χ4n) is 1.97. The second-order valence-electron chi connectivity index (χ2n) is 5.04. The molecule has 4 heteroatoms. The Morgan fingerprint density at radius 1 is 1.56 bits per heavy atom. The van der Waals surface area contributed by atoms with E-state index in [9.17, 15) is 4.79 Å². The highest BCUT2D eigenvalue weighted by Crippen LogP contribution is 2.17. The molecule has 2 N–H and O–H groups in total. The van der Waals surface area contributed by atoms with Gasteiger partial charge in [0, 0.05) is 18.6 Å². The number of hydrogen-bond donors (Lipinski definition) is 2. The lowest BCUT2D eigenvalue weighted by Gasteiger charge is -2.28. The molecule has 0 saturated carbocycles. The third-order valence-corrected chi connectivity index (χ3v) is 3.22. The van der Waals surface area contributed by atoms with Gasteiger partial charge >= 0.3 is 0 Å². The third-order valence-electron chi connectivity index (χ3n) is 3.22. The van der Waals surface area contributed by atoms with E-state index in [1.165, 1.54) is 0 Å². The van der Waals surface area contributed by atoms with E-state index in [2.05, 4.69) is 17.6 Å². The van der Waals surface area contributed by atoms with Crippen LogP contribution >= 0.6 is 0 Å². The summed E-state index contributed by atoms with van der Waals surface area (Å²) in [6.07, 6.45) is 1.04. The van der Waals surface area contributed by atoms with E-state index in [0.29, 0.717) is 5.92 Å². The Bertz CT molecular complexity index is 235. The summed E-state index contributed by atoms with van der Waals surface area (Å²) in [5.74, 6) is 0.523. The molecule has 2 atom stereocenters. The van der Waals surface area contributed by atoms with Crippen LogP contribution in [0, 0.1) is 5.92 Å². The van der Waals surface area contributed by atoms with Crippen molar-refractivity contribution in [1.82, 2.24) is 10.6 Å². The van der Waals surface area contributed by atoms with Crippen molar-refractivity contribution in [2.75, 3.05) is 19.8 Å². The largest absolute Gasteiger partial charge is 0.381 e. The third kappa shape index (κ3) is 3.46. The van der Waals surface area contributed by atoms with Crippen molar-refractivity contribution in [2.24, 2.45) is 5.92 Å². The lowest BCUT2D eigenvalue weighted by molar-refractivity contribution is -0.127. The van der Waals surface area contributed by atoms with Gasteiger partial charge in [-0.1, -0.05) is 6.92 Å². The van der Waals surface area contributed by atoms with Crippen LogP contribution in [0.5, 0.6) is 0 Å². The average molecular weight is 228 g/mol. The van der Waals surface area contributed by atoms with Gasteiger partial charge in [-0.3, -0.25) is 4.79 Å². The molecule has 0 aliphatic carbocycles. The Morgan fingerprint density at radius 2 is 2.25 bits per heavy atom. The molecule has 1 rings (SSSR count). The van der Waals surface area contributed by atoms with E-state index in [1.807, 2.05) is 20.8 Å². The zero-order valence-electron chi connectivity index (χ0n) is 10.8. The lowest BCUT2D eigenvalue weighted by Crippen LogP contribution is -2.55. The van der Waals surface area contributed by atoms with Gasteiger partial charge in [0.05, 0.1) is 12.1 Å². The molecule has 1 saturated heterocycles. The highest BCUT2D eigenvalue weighted by molar-refractivity contribution is 5.85. The number of hydrogen-bond acceptors (Lipinski definition) is 3. The van der Waals surface area contributed by atoms with Crippen LogP contribution in [0.25, 0.3) is 0 Å². The van der Waals surface area contributed by atoms with E-state index in [4.69, 9.17) is 4.74 Å². The number of carbonyl (C=O) groups is 1. The van der Waals surface area contributed by atoms with Gasteiger partial charge in [0.25, 0.3) is 0 Å². The molecule has 4 nitrogen and oxygen atoms in total. The Labute approximate surface area is 98.1 Å². The van der Waals surface area contributed by atoms with Crippen molar-refractivity contribution >= 4 is 5.91 Å². The fourth-order valence-corrected chi connectivity index (χ4v) is 1.97. The van der Waals surface area contributed by atoms with Crippen molar-refractivity contribution in [1.29, 1.82) is 0 Å². The summed E-state index contributed by atoms with van der Waals surface area (Å²) >= 11 is 0. The SMILES string of the molecule is CCNC(C)(C)C(=O)NC(C)C1CCOC1. The lowest BCUT2D eigenvalue weighted by atomic mass is 9.98. The minimum absolute atomic E-state index is 0.0637. The molecule has 0 spiro atoms. The van der Waals surface area contributed by atoms with Crippen molar-refractivity contribution in [3.63, 3.8) is 0 Å². The zero-order valence-corrected chi connectivity index (χ0v) is 10.8. The van der Waals surface area contributed by atoms with Crippen LogP contribution in [0.3, 0.4) is 0 Å². The highest BCUT2D eigenvalue weighted by atomic mass is 16.5. The van der Waals surface area contributed by atoms with Crippen molar-refractivity contribution in [2.45, 2.75) is 45.7 Å². The molecular formula is C12H24N2O2. The molecular weight excluding hydrogens is 204 g/mol. The zero-order chi connectivity index (χ0) is 12.2. The topological polar surface area (TPSA) is 50.4 Å². The number of amides is 1. The van der Waals surface area contributed by atoms with E-state index < -0.39 is 5.54 Å². The first-order chi connectivity index (χ1) is 7.47. The molecule has 0 radical (unpaired) electrons. The van der Waals surface area contributed by atoms with Gasteiger partial charge in [0.1, 0.15) is 0 Å². The molecule has 0 aromatic heterocycles. The number of ether oxygens (including phenoxy) is 1. The van der Waals surface area contributed by atoms with E-state index >= 15 is 0 Å². The molecule has 1 heterocycles. The minimum Gasteiger partial charge on any atom is -0.381 e. The van der Waals surface area contributed by atoms with Crippen molar-refractivity contribution < 1.29 is 9.53 Å². The number of carbonyl (C=O) groups excluding carboxylic acids is 1. The molecule has 1 fully saturated rings. The van der Waals surface area contributed by atoms with Crippen molar-refractivity contribution in [3.8, 4) is 0 Å². The van der Waals surface area contributed by atoms with Crippen LogP contribution in [-0.4, -0.2) is 37.2 Å². The van der Waals surface area contributed by atoms with Crippen LogP contribution in [-0.2, 0) is 9.53 Å². The summed E-state index contributed by atoms with van der Waals surface area (Å²) in [5, 5.41) is 6.24. The van der Waals surface area contributed by atoms with E-state index in [-0.39, 0.29) is 11.9 Å². The predicted octanol–water partition coefficient (Wildman–Crippen LogP) is 0.916. The smallest absolute Gasteiger partial charge is 0.239 e. The quantitative estimate of drug-likeness (QED) is 0.735. The monoisotopic (exact) mass is 228 g/mol. The van der Waals surface area contributed by atoms with Crippen LogP contribution in [0.4, 0.5) is 0 Å². The molecule has 0 bridgehead atoms. The molecule has 2 unspecified atom stereocenters. The van der Waals surface area contributed by atoms with Crippen LogP contribution in [0.2, 0.25) is 0 Å². The average Bonchev–Trinajstić information content (AvgIpc) is 2.70. The Balaban J connectivity index is 2.43. The van der Waals surface area contributed by atoms with Gasteiger partial charge in [0.2, 0.25) is 5.91 Å². The first kappa shape index (κ1) is 13.5. The number of nitrogens with one attached hydrogen (secondary N) is 2. The Kier molecular flexibility index (Phi) is 4.74. The molecule has 0 aromatic carbocycles. The van der Waals surface area contributed by atoms with Gasteiger partial charge in [0.15, 0.2) is 0 Å². The van der Waals surface area contributed by atoms with E-state index in [1.54, 1.807) is 0 Å². The second-order valence-corrected chi connectivity index (χ2v) is 5.04. The number of rotatable bonds is 5. The number of likely N-dealkylation sites (N-methyl/N-ethyl adjacent to an activating group) is 1. The normalized spacial score (nSPS) is 23.1. The first-order valence-corrected chi connectivity index (χ1v) is 6.11. The van der Waals surface area contributed by atoms with Crippen LogP contribution in [0.1, 0.15) is 34.1 Å². The first-order valence-electron chi connectivity index (χ1n) is 6.11. The Hall–Kier alpha value is -0.610. The molecule has 16 heavy (non-hydrogen) atoms. The van der Waals surface area contributed by atoms with Crippen LogP contribution in [0.15, 0.2) is 0 Å². The maximum Gasteiger partial charge on any atom is 0.239 e. The van der Waals surface area contributed by atoms with Crippen molar-refractivity contribution in [3.05, 3.63) is 0 Å². The van der Waals surface area contributed by atoms with Gasteiger partial charge < -0.3 is 15.4 Å². The van der Waals surface area contributed by atoms with Gasteiger partial charge in [-0.05, 0) is 33.7 Å². The summed E-state index contributed by atoms with van der Waals surface area (Å²) in [6.45, 7) is 10.3.